The molecule has 29 aromatic rings. The minimum Gasteiger partial charge on any atom is -0.252 e. The first-order valence-electron chi connectivity index (χ1n) is 48.0. The highest BCUT2D eigenvalue weighted by atomic mass is 32.1. The molecule has 0 aliphatic carbocycles. The molecule has 142 heavy (non-hydrogen) atoms. The lowest BCUT2D eigenvalue weighted by Gasteiger charge is -2.15. The lowest BCUT2D eigenvalue weighted by molar-refractivity contribution is 1.31. The van der Waals surface area contributed by atoms with Gasteiger partial charge < -0.3 is 0 Å². The summed E-state index contributed by atoms with van der Waals surface area (Å²) in [5.74, 6) is 0. The van der Waals surface area contributed by atoms with Crippen LogP contribution in [0, 0.1) is 6.92 Å². The van der Waals surface area contributed by atoms with Gasteiger partial charge in [-0.3, -0.25) is 29.9 Å². The molecule has 6 nitrogen and oxygen atoms in total. The van der Waals surface area contributed by atoms with E-state index in [2.05, 4.69) is 455 Å². The summed E-state index contributed by atoms with van der Waals surface area (Å²) in [6, 6.07) is 161. The molecule has 9 heteroatoms. The first-order valence-corrected chi connectivity index (χ1v) is 50.5. The van der Waals surface area contributed by atoms with Crippen LogP contribution in [0.3, 0.4) is 0 Å². The summed E-state index contributed by atoms with van der Waals surface area (Å²) in [6.07, 6.45) is 10.7. The molecule has 0 aliphatic rings. The number of benzene rings is 23. The van der Waals surface area contributed by atoms with Gasteiger partial charge in [-0.2, -0.15) is 0 Å². The number of nitrogens with zero attached hydrogens (tertiary/aromatic N) is 6. The van der Waals surface area contributed by atoms with Crippen LogP contribution in [0.1, 0.15) is 5.56 Å². The largest absolute Gasteiger partial charge is 0.252 e. The summed E-state index contributed by atoms with van der Waals surface area (Å²) in [5.41, 5.74) is 33.9. The third kappa shape index (κ3) is 14.4. The second-order valence-electron chi connectivity index (χ2n) is 36.5. The first-order chi connectivity index (χ1) is 70.4. The zero-order valence-corrected chi connectivity index (χ0v) is 79.5. The summed E-state index contributed by atoms with van der Waals surface area (Å²) in [4.78, 5) is 28.5. The van der Waals surface area contributed by atoms with Crippen LogP contribution >= 0.6 is 34.0 Å². The standard InChI is InChI=1S/C52H32N2S.C46H28N2S.C35H22N2S/c1-4-14-33(15-5-1)37-29-44(35-18-8-3-9-19-35)51-47(31-37)48-32-38(34-16-6-2-7-17-34)30-46(52(48)55-51)40-21-11-10-20-39(40)36-24-25-43-45(28-36)41-22-12-13-23-42(41)49-50(43)54-27-26-53-49;1-3-11-29(12-4-1)31-20-22-43-40(25-31)42-28-33(30-13-5-2-6-14-30)27-41(46(42)49-43)35-16-8-7-15-34(35)32-19-21-38-39(26-32)36-17-9-10-18-37(36)44-45(38)48-24-23-47-44;1-21-8-6-13-29-30-15-7-14-28(35(30)38-34(21)29)24-10-3-2-9-23(24)22-16-17-27-31(20-22)25-11-4-5-12-26(25)32-33(27)37-19-18-36-32/h1-32H;1-28H;2-20H,1H3. The number of fused-ring (bicyclic) bond motifs is 27. The molecule has 0 bridgehead atoms. The van der Waals surface area contributed by atoms with Crippen molar-refractivity contribution in [3.8, 4) is 122 Å². The van der Waals surface area contributed by atoms with Gasteiger partial charge in [0, 0.05) is 152 Å². The van der Waals surface area contributed by atoms with E-state index < -0.39 is 0 Å². The second kappa shape index (κ2) is 35.1. The van der Waals surface area contributed by atoms with Gasteiger partial charge in [0.15, 0.2) is 0 Å². The third-order valence-electron chi connectivity index (χ3n) is 28.4. The highest BCUT2D eigenvalue weighted by molar-refractivity contribution is 7.27. The normalized spacial score (nSPS) is 11.7. The molecule has 662 valence electrons. The van der Waals surface area contributed by atoms with Crippen LogP contribution in [0.15, 0.2) is 480 Å². The zero-order valence-electron chi connectivity index (χ0n) is 77.0. The Balaban J connectivity index is 0.000000108. The monoisotopic (exact) mass is 1860 g/mol. The van der Waals surface area contributed by atoms with Crippen molar-refractivity contribution in [3.63, 3.8) is 0 Å². The predicted molar refractivity (Wildman–Crippen MR) is 607 cm³/mol. The van der Waals surface area contributed by atoms with Crippen molar-refractivity contribution < 1.29 is 0 Å². The van der Waals surface area contributed by atoms with Gasteiger partial charge in [-0.05, 0) is 212 Å². The van der Waals surface area contributed by atoms with E-state index in [4.69, 9.17) is 24.9 Å². The van der Waals surface area contributed by atoms with Crippen molar-refractivity contribution >= 4 is 192 Å². The summed E-state index contributed by atoms with van der Waals surface area (Å²) in [7, 11) is 0. The van der Waals surface area contributed by atoms with E-state index in [-0.39, 0.29) is 0 Å². The molecule has 0 saturated heterocycles. The molecule has 23 aromatic carbocycles. The Hall–Kier alpha value is -17.7. The number of aryl methyl sites for hydroxylation is 1. The van der Waals surface area contributed by atoms with Crippen LogP contribution in [0.2, 0.25) is 0 Å². The molecule has 0 spiro atoms. The molecule has 0 N–H and O–H groups in total. The van der Waals surface area contributed by atoms with Gasteiger partial charge in [-0.1, -0.05) is 376 Å². The predicted octanol–water partition coefficient (Wildman–Crippen LogP) is 37.6. The Morgan fingerprint density at radius 3 is 0.803 bits per heavy atom. The van der Waals surface area contributed by atoms with Crippen molar-refractivity contribution in [3.05, 3.63) is 486 Å². The molecular weight excluding hydrogens is 1780 g/mol. The SMILES string of the molecule is Cc1cccc2c1sc1c(-c3ccccc3-c3ccc4c(c3)c3ccccc3c3nccnc43)cccc12.c1ccc(-c2cc(-c3ccccc3)c3sc4c(-c5ccccc5-c5ccc6c(c5)c5ccccc5c5nccnc65)cc(-c5ccccc5)cc4c3c2)cc1.c1ccc(-c2ccc3sc4c(-c5ccccc5-c5ccc6c(c5)c5ccccc5c5nccnc65)cc(-c5ccccc5)cc4c3c2)cc1. The van der Waals surface area contributed by atoms with Crippen LogP contribution < -0.4 is 0 Å². The van der Waals surface area contributed by atoms with Crippen molar-refractivity contribution in [1.82, 2.24) is 29.9 Å². The maximum Gasteiger partial charge on any atom is 0.0971 e. The van der Waals surface area contributed by atoms with E-state index in [1.54, 1.807) is 37.2 Å². The molecular formula is C133H82N6S3. The number of hydrogen-bond donors (Lipinski definition) is 0. The highest BCUT2D eigenvalue weighted by Gasteiger charge is 2.26. The number of rotatable bonds is 11. The summed E-state index contributed by atoms with van der Waals surface area (Å²) >= 11 is 5.70. The molecule has 29 rings (SSSR count). The fourth-order valence-corrected chi connectivity index (χ4v) is 25.6. The van der Waals surface area contributed by atoms with Gasteiger partial charge in [0.2, 0.25) is 0 Å². The van der Waals surface area contributed by atoms with E-state index in [0.717, 1.165) is 65.4 Å². The number of thiophene rings is 3. The second-order valence-corrected chi connectivity index (χ2v) is 39.6. The van der Waals surface area contributed by atoms with Crippen LogP contribution in [0.5, 0.6) is 0 Å². The number of aromatic nitrogens is 6. The smallest absolute Gasteiger partial charge is 0.0971 e. The Morgan fingerprint density at radius 2 is 0.394 bits per heavy atom. The summed E-state index contributed by atoms with van der Waals surface area (Å²) < 4.78 is 7.91. The lowest BCUT2D eigenvalue weighted by Crippen LogP contribution is -1.90. The van der Waals surface area contributed by atoms with E-state index in [1.165, 1.54) is 221 Å². The molecule has 6 aromatic heterocycles. The van der Waals surface area contributed by atoms with E-state index in [0.29, 0.717) is 0 Å². The third-order valence-corrected chi connectivity index (χ3v) is 32.3. The molecule has 0 aliphatic heterocycles. The van der Waals surface area contributed by atoms with Gasteiger partial charge in [0.05, 0.1) is 33.1 Å². The van der Waals surface area contributed by atoms with Crippen molar-refractivity contribution in [2.24, 2.45) is 0 Å². The Morgan fingerprint density at radius 1 is 0.134 bits per heavy atom. The van der Waals surface area contributed by atoms with Gasteiger partial charge >= 0.3 is 0 Å². The summed E-state index contributed by atoms with van der Waals surface area (Å²) in [6.45, 7) is 2.21. The number of hydrogen-bond acceptors (Lipinski definition) is 9. The maximum atomic E-state index is 4.81. The average Bonchev–Trinajstić information content (AvgIpc) is 1.34. The quantitative estimate of drug-likeness (QED) is 0.120. The van der Waals surface area contributed by atoms with E-state index >= 15 is 0 Å². The van der Waals surface area contributed by atoms with Crippen molar-refractivity contribution in [2.45, 2.75) is 6.92 Å². The maximum absolute atomic E-state index is 4.81. The van der Waals surface area contributed by atoms with Gasteiger partial charge in [0.25, 0.3) is 0 Å². The topological polar surface area (TPSA) is 77.3 Å². The van der Waals surface area contributed by atoms with Crippen LogP contribution in [-0.2, 0) is 0 Å². The summed E-state index contributed by atoms with van der Waals surface area (Å²) in [5, 5.41) is 21.7. The molecule has 0 radical (unpaired) electrons. The highest BCUT2D eigenvalue weighted by Crippen LogP contribution is 2.53. The molecule has 0 atom stereocenters. The average molecular weight is 1860 g/mol. The Bertz CT molecular complexity index is 10000. The Kier molecular flexibility index (Phi) is 20.7. The van der Waals surface area contributed by atoms with E-state index in [9.17, 15) is 0 Å². The molecule has 0 amide bonds. The van der Waals surface area contributed by atoms with E-state index in [1.807, 2.05) is 34.0 Å². The zero-order chi connectivity index (χ0) is 93.8. The van der Waals surface area contributed by atoms with Crippen molar-refractivity contribution in [2.75, 3.05) is 0 Å². The van der Waals surface area contributed by atoms with Gasteiger partial charge in [-0.15, -0.1) is 34.0 Å². The van der Waals surface area contributed by atoms with Gasteiger partial charge in [-0.25, -0.2) is 0 Å². The molecule has 6 heterocycles. The minimum atomic E-state index is 0.933. The van der Waals surface area contributed by atoms with Crippen molar-refractivity contribution in [1.29, 1.82) is 0 Å². The molecule has 0 unspecified atom stereocenters. The lowest BCUT2D eigenvalue weighted by atomic mass is 9.89. The fourth-order valence-electron chi connectivity index (χ4n) is 21.8. The Labute approximate surface area is 830 Å². The fraction of sp³-hybridized carbons (Fsp3) is 0.00752. The van der Waals surface area contributed by atoms with Crippen LogP contribution in [0.25, 0.3) is 281 Å². The van der Waals surface area contributed by atoms with Crippen LogP contribution in [0.4, 0.5) is 0 Å². The molecule has 0 fully saturated rings. The molecule has 0 saturated carbocycles. The van der Waals surface area contributed by atoms with Gasteiger partial charge in [0.1, 0.15) is 0 Å². The first kappa shape index (κ1) is 83.7. The minimum absolute atomic E-state index is 0.933. The van der Waals surface area contributed by atoms with Crippen LogP contribution in [-0.4, -0.2) is 29.9 Å².